The number of anilines is 1. The highest BCUT2D eigenvalue weighted by molar-refractivity contribution is 5.79. The number of fused-ring (bicyclic) bond motifs is 1. The van der Waals surface area contributed by atoms with Crippen molar-refractivity contribution in [1.82, 2.24) is 14.5 Å². The van der Waals surface area contributed by atoms with E-state index >= 15 is 0 Å². The molecular weight excluding hydrogens is 344 g/mol. The largest absolute Gasteiger partial charge is 0.508 e. The highest BCUT2D eigenvalue weighted by Gasteiger charge is 2.22. The lowest BCUT2D eigenvalue weighted by Crippen LogP contribution is -2.50. The normalized spacial score (nSPS) is 14.5. The third-order valence-electron chi connectivity index (χ3n) is 4.88. The van der Waals surface area contributed by atoms with E-state index in [4.69, 9.17) is 0 Å². The van der Waals surface area contributed by atoms with Crippen LogP contribution in [0.2, 0.25) is 0 Å². The Morgan fingerprint density at radius 2 is 1.70 bits per heavy atom. The molecule has 0 atom stereocenters. The van der Waals surface area contributed by atoms with Gasteiger partial charge in [-0.2, -0.15) is 0 Å². The number of aromatic hydroxyl groups is 1. The van der Waals surface area contributed by atoms with Crippen molar-refractivity contribution in [2.75, 3.05) is 31.1 Å². The average Bonchev–Trinajstić information content (AvgIpc) is 2.71. The van der Waals surface area contributed by atoms with Crippen LogP contribution in [0.1, 0.15) is 0 Å². The fourth-order valence-corrected chi connectivity index (χ4v) is 3.34. The summed E-state index contributed by atoms with van der Waals surface area (Å²) in [4.78, 5) is 33.4. The number of carbonyl (C=O) groups excluding carboxylic acids is 1. The number of benzene rings is 2. The molecule has 1 N–H and O–H groups in total. The maximum atomic E-state index is 12.6. The van der Waals surface area contributed by atoms with Crippen LogP contribution in [0.3, 0.4) is 0 Å². The van der Waals surface area contributed by atoms with E-state index < -0.39 is 0 Å². The van der Waals surface area contributed by atoms with Gasteiger partial charge in [-0.3, -0.25) is 14.2 Å². The van der Waals surface area contributed by atoms with Crippen molar-refractivity contribution in [2.24, 2.45) is 0 Å². The Kier molecular flexibility index (Phi) is 4.50. The molecule has 2 heterocycles. The molecular formula is C20H20N4O3. The number of hydrogen-bond acceptors (Lipinski definition) is 5. The Morgan fingerprint density at radius 1 is 1.00 bits per heavy atom. The van der Waals surface area contributed by atoms with Gasteiger partial charge < -0.3 is 14.9 Å². The third-order valence-corrected chi connectivity index (χ3v) is 4.88. The molecule has 7 nitrogen and oxygen atoms in total. The van der Waals surface area contributed by atoms with Crippen LogP contribution in [0.25, 0.3) is 10.9 Å². The molecule has 1 aliphatic rings. The van der Waals surface area contributed by atoms with E-state index in [0.29, 0.717) is 37.1 Å². The molecule has 0 aliphatic carbocycles. The summed E-state index contributed by atoms with van der Waals surface area (Å²) in [5.74, 6) is 0.154. The van der Waals surface area contributed by atoms with Crippen LogP contribution < -0.4 is 10.5 Å². The molecule has 0 radical (unpaired) electrons. The summed E-state index contributed by atoms with van der Waals surface area (Å²) in [5.41, 5.74) is 1.46. The number of phenolic OH excluding ortho intramolecular Hbond substituents is 1. The number of piperazine rings is 1. The van der Waals surface area contributed by atoms with Gasteiger partial charge in [-0.1, -0.05) is 12.1 Å². The predicted octanol–water partition coefficient (Wildman–Crippen LogP) is 1.45. The molecule has 138 valence electrons. The first kappa shape index (κ1) is 17.1. The number of nitrogens with zero attached hydrogens (tertiary/aromatic N) is 4. The Morgan fingerprint density at radius 3 is 2.44 bits per heavy atom. The average molecular weight is 364 g/mol. The van der Waals surface area contributed by atoms with Gasteiger partial charge in [-0.15, -0.1) is 0 Å². The summed E-state index contributed by atoms with van der Waals surface area (Å²) >= 11 is 0. The van der Waals surface area contributed by atoms with E-state index in [1.807, 2.05) is 18.2 Å². The van der Waals surface area contributed by atoms with Gasteiger partial charge in [-0.05, 0) is 36.4 Å². The van der Waals surface area contributed by atoms with Crippen LogP contribution in [-0.4, -0.2) is 51.6 Å². The number of hydrogen-bond donors (Lipinski definition) is 1. The maximum Gasteiger partial charge on any atom is 0.261 e. The van der Waals surface area contributed by atoms with Gasteiger partial charge in [-0.25, -0.2) is 4.98 Å². The van der Waals surface area contributed by atoms with Crippen LogP contribution in [0.15, 0.2) is 59.7 Å². The first-order chi connectivity index (χ1) is 13.1. The lowest BCUT2D eigenvalue weighted by molar-refractivity contribution is -0.132. The van der Waals surface area contributed by atoms with Gasteiger partial charge in [0.25, 0.3) is 5.56 Å². The number of para-hydroxylation sites is 1. The minimum Gasteiger partial charge on any atom is -0.508 e. The fourth-order valence-electron chi connectivity index (χ4n) is 3.34. The van der Waals surface area contributed by atoms with E-state index in [1.165, 1.54) is 10.9 Å². The standard InChI is InChI=1S/C20H20N4O3/c25-16-7-5-15(6-8-16)22-9-11-23(12-10-22)19(26)13-24-14-21-18-4-2-1-3-17(18)20(24)27/h1-8,14,25H,9-13H2. The Balaban J connectivity index is 1.42. The lowest BCUT2D eigenvalue weighted by Gasteiger charge is -2.36. The van der Waals surface area contributed by atoms with E-state index in [1.54, 1.807) is 35.2 Å². The molecule has 1 amide bonds. The number of amides is 1. The van der Waals surface area contributed by atoms with Crippen LogP contribution in [0.4, 0.5) is 5.69 Å². The minimum absolute atomic E-state index is 0.00409. The van der Waals surface area contributed by atoms with Gasteiger partial charge in [0.15, 0.2) is 0 Å². The van der Waals surface area contributed by atoms with Gasteiger partial charge in [0.2, 0.25) is 5.91 Å². The minimum atomic E-state index is -0.198. The van der Waals surface area contributed by atoms with E-state index in [2.05, 4.69) is 9.88 Å². The van der Waals surface area contributed by atoms with Gasteiger partial charge >= 0.3 is 0 Å². The number of aromatic nitrogens is 2. The van der Waals surface area contributed by atoms with E-state index in [0.717, 1.165) is 5.69 Å². The quantitative estimate of drug-likeness (QED) is 0.761. The Hall–Kier alpha value is -3.35. The molecule has 2 aromatic carbocycles. The molecule has 0 spiro atoms. The molecule has 1 aromatic heterocycles. The van der Waals surface area contributed by atoms with Crippen molar-refractivity contribution in [3.8, 4) is 5.75 Å². The first-order valence-electron chi connectivity index (χ1n) is 8.88. The zero-order chi connectivity index (χ0) is 18.8. The van der Waals surface area contributed by atoms with Crippen LogP contribution in [0, 0.1) is 0 Å². The predicted molar refractivity (Wildman–Crippen MR) is 103 cm³/mol. The molecule has 0 saturated carbocycles. The molecule has 4 rings (SSSR count). The highest BCUT2D eigenvalue weighted by Crippen LogP contribution is 2.19. The van der Waals surface area contributed by atoms with Gasteiger partial charge in [0, 0.05) is 31.9 Å². The monoisotopic (exact) mass is 364 g/mol. The summed E-state index contributed by atoms with van der Waals surface area (Å²) < 4.78 is 1.37. The van der Waals surface area contributed by atoms with Crippen LogP contribution in [-0.2, 0) is 11.3 Å². The Labute approximate surface area is 156 Å². The molecule has 1 fully saturated rings. The van der Waals surface area contributed by atoms with Crippen molar-refractivity contribution in [3.63, 3.8) is 0 Å². The van der Waals surface area contributed by atoms with Crippen molar-refractivity contribution in [2.45, 2.75) is 6.54 Å². The smallest absolute Gasteiger partial charge is 0.261 e. The second-order valence-corrected chi connectivity index (χ2v) is 6.58. The van der Waals surface area contributed by atoms with Crippen molar-refractivity contribution in [3.05, 3.63) is 65.2 Å². The Bertz CT molecular complexity index is 1020. The van der Waals surface area contributed by atoms with Crippen molar-refractivity contribution >= 4 is 22.5 Å². The summed E-state index contributed by atoms with van der Waals surface area (Å²) in [7, 11) is 0. The van der Waals surface area contributed by atoms with Crippen LogP contribution >= 0.6 is 0 Å². The van der Waals surface area contributed by atoms with Gasteiger partial charge in [0.1, 0.15) is 12.3 Å². The molecule has 3 aromatic rings. The second-order valence-electron chi connectivity index (χ2n) is 6.58. The van der Waals surface area contributed by atoms with Crippen LogP contribution in [0.5, 0.6) is 5.75 Å². The summed E-state index contributed by atoms with van der Waals surface area (Å²) in [6, 6.07) is 14.2. The first-order valence-corrected chi connectivity index (χ1v) is 8.88. The molecule has 0 unspecified atom stereocenters. The van der Waals surface area contributed by atoms with Gasteiger partial charge in [0.05, 0.1) is 17.2 Å². The number of phenols is 1. The van der Waals surface area contributed by atoms with Crippen molar-refractivity contribution < 1.29 is 9.90 Å². The number of rotatable bonds is 3. The molecule has 0 bridgehead atoms. The molecule has 1 saturated heterocycles. The molecule has 1 aliphatic heterocycles. The summed E-state index contributed by atoms with van der Waals surface area (Å²) in [6.45, 7) is 2.60. The third kappa shape index (κ3) is 3.48. The zero-order valence-electron chi connectivity index (χ0n) is 14.8. The van der Waals surface area contributed by atoms with Crippen molar-refractivity contribution in [1.29, 1.82) is 0 Å². The molecule has 27 heavy (non-hydrogen) atoms. The maximum absolute atomic E-state index is 12.6. The van der Waals surface area contributed by atoms with E-state index in [-0.39, 0.29) is 23.8 Å². The topological polar surface area (TPSA) is 78.7 Å². The lowest BCUT2D eigenvalue weighted by atomic mass is 10.2. The summed E-state index contributed by atoms with van der Waals surface area (Å²) in [6.07, 6.45) is 1.44. The fraction of sp³-hybridized carbons (Fsp3) is 0.250. The zero-order valence-corrected chi connectivity index (χ0v) is 14.8. The summed E-state index contributed by atoms with van der Waals surface area (Å²) in [5, 5.41) is 9.91. The SMILES string of the molecule is O=C(Cn1cnc2ccccc2c1=O)N1CCN(c2ccc(O)cc2)CC1. The molecule has 7 heteroatoms. The number of carbonyl (C=O) groups is 1. The highest BCUT2D eigenvalue weighted by atomic mass is 16.3. The van der Waals surface area contributed by atoms with E-state index in [9.17, 15) is 14.7 Å². The second kappa shape index (κ2) is 7.11.